The van der Waals surface area contributed by atoms with Gasteiger partial charge in [0, 0.05) is 24.5 Å². The molecule has 0 saturated carbocycles. The Morgan fingerprint density at radius 3 is 2.73 bits per heavy atom. The molecule has 0 aromatic carbocycles. The molecule has 0 N–H and O–H groups in total. The second-order valence-electron chi connectivity index (χ2n) is 4.03. The fourth-order valence-corrected chi connectivity index (χ4v) is 2.28. The topological polar surface area (TPSA) is 26.3 Å². The maximum atomic E-state index is 11.8. The van der Waals surface area contributed by atoms with Crippen molar-refractivity contribution in [1.29, 1.82) is 0 Å². The lowest BCUT2D eigenvalue weighted by Crippen LogP contribution is -2.23. The first-order chi connectivity index (χ1) is 6.94. The van der Waals surface area contributed by atoms with Crippen molar-refractivity contribution < 1.29 is 9.53 Å². The van der Waals surface area contributed by atoms with E-state index in [2.05, 4.69) is 15.9 Å². The summed E-state index contributed by atoms with van der Waals surface area (Å²) in [6.45, 7) is 3.98. The van der Waals surface area contributed by atoms with Crippen LogP contribution in [0.25, 0.3) is 0 Å². The summed E-state index contributed by atoms with van der Waals surface area (Å²) in [7, 11) is 1.67. The standard InChI is InChI=1S/C11H15BrO2S/c1-11(2,14-3)5-4-9(13)8-6-10(12)15-7-8/h6-7H,4-5H2,1-3H3. The Hall–Kier alpha value is -0.190. The lowest BCUT2D eigenvalue weighted by molar-refractivity contribution is 0.0141. The maximum absolute atomic E-state index is 11.8. The van der Waals surface area contributed by atoms with Gasteiger partial charge in [-0.2, -0.15) is 0 Å². The highest BCUT2D eigenvalue weighted by molar-refractivity contribution is 9.11. The summed E-state index contributed by atoms with van der Waals surface area (Å²) < 4.78 is 6.27. The van der Waals surface area contributed by atoms with Crippen molar-refractivity contribution in [3.8, 4) is 0 Å². The molecule has 0 spiro atoms. The number of rotatable bonds is 5. The molecule has 0 aliphatic rings. The molecule has 0 amide bonds. The van der Waals surface area contributed by atoms with Crippen LogP contribution in [-0.4, -0.2) is 18.5 Å². The van der Waals surface area contributed by atoms with Crippen LogP contribution in [-0.2, 0) is 4.74 Å². The Balaban J connectivity index is 2.50. The Morgan fingerprint density at radius 2 is 2.27 bits per heavy atom. The van der Waals surface area contributed by atoms with Crippen molar-refractivity contribution in [2.45, 2.75) is 32.3 Å². The summed E-state index contributed by atoms with van der Waals surface area (Å²) in [5.41, 5.74) is 0.571. The van der Waals surface area contributed by atoms with Crippen LogP contribution in [0.15, 0.2) is 15.2 Å². The quantitative estimate of drug-likeness (QED) is 0.769. The van der Waals surface area contributed by atoms with Crippen LogP contribution in [0.3, 0.4) is 0 Å². The number of hydrogen-bond donors (Lipinski definition) is 0. The van der Waals surface area contributed by atoms with Gasteiger partial charge in [-0.3, -0.25) is 4.79 Å². The molecule has 1 aromatic rings. The number of ether oxygens (including phenoxy) is 1. The van der Waals surface area contributed by atoms with E-state index in [-0.39, 0.29) is 11.4 Å². The van der Waals surface area contributed by atoms with Crippen LogP contribution in [0.2, 0.25) is 0 Å². The fourth-order valence-electron chi connectivity index (χ4n) is 1.12. The molecule has 4 heteroatoms. The van der Waals surface area contributed by atoms with Gasteiger partial charge in [-0.05, 0) is 42.3 Å². The van der Waals surface area contributed by atoms with Crippen molar-refractivity contribution in [3.05, 3.63) is 20.8 Å². The molecular formula is C11H15BrO2S. The van der Waals surface area contributed by atoms with Crippen LogP contribution in [0.5, 0.6) is 0 Å². The minimum atomic E-state index is -0.219. The Labute approximate surface area is 103 Å². The monoisotopic (exact) mass is 290 g/mol. The molecule has 1 rings (SSSR count). The molecule has 0 fully saturated rings. The molecule has 0 bridgehead atoms. The third kappa shape index (κ3) is 4.05. The average Bonchev–Trinajstić information content (AvgIpc) is 2.61. The molecule has 1 heterocycles. The van der Waals surface area contributed by atoms with Gasteiger partial charge < -0.3 is 4.74 Å². The number of thiophene rings is 1. The normalized spacial score (nSPS) is 11.7. The van der Waals surface area contributed by atoms with E-state index in [1.54, 1.807) is 7.11 Å². The van der Waals surface area contributed by atoms with Crippen LogP contribution >= 0.6 is 27.3 Å². The zero-order chi connectivity index (χ0) is 11.5. The molecule has 0 unspecified atom stereocenters. The highest BCUT2D eigenvalue weighted by Gasteiger charge is 2.18. The molecule has 84 valence electrons. The van der Waals surface area contributed by atoms with E-state index < -0.39 is 0 Å². The number of carbonyl (C=O) groups excluding carboxylic acids is 1. The van der Waals surface area contributed by atoms with E-state index in [1.165, 1.54) is 11.3 Å². The first-order valence-electron chi connectivity index (χ1n) is 4.77. The van der Waals surface area contributed by atoms with E-state index in [9.17, 15) is 4.79 Å². The average molecular weight is 291 g/mol. The second kappa shape index (κ2) is 5.23. The van der Waals surface area contributed by atoms with Crippen LogP contribution < -0.4 is 0 Å². The number of hydrogen-bond acceptors (Lipinski definition) is 3. The van der Waals surface area contributed by atoms with Gasteiger partial charge in [-0.15, -0.1) is 11.3 Å². The number of carbonyl (C=O) groups is 1. The SMILES string of the molecule is COC(C)(C)CCC(=O)c1csc(Br)c1. The van der Waals surface area contributed by atoms with Crippen LogP contribution in [0.4, 0.5) is 0 Å². The predicted molar refractivity (Wildman–Crippen MR) is 66.7 cm³/mol. The van der Waals surface area contributed by atoms with Crippen molar-refractivity contribution >= 4 is 33.0 Å². The van der Waals surface area contributed by atoms with Crippen molar-refractivity contribution in [2.75, 3.05) is 7.11 Å². The van der Waals surface area contributed by atoms with Gasteiger partial charge in [0.15, 0.2) is 5.78 Å². The predicted octanol–water partition coefficient (Wildman–Crippen LogP) is 3.90. The Morgan fingerprint density at radius 1 is 1.60 bits per heavy atom. The first-order valence-corrected chi connectivity index (χ1v) is 6.44. The zero-order valence-electron chi connectivity index (χ0n) is 9.17. The van der Waals surface area contributed by atoms with Gasteiger partial charge in [0.25, 0.3) is 0 Å². The molecular weight excluding hydrogens is 276 g/mol. The number of halogens is 1. The van der Waals surface area contributed by atoms with E-state index in [1.807, 2.05) is 25.3 Å². The van der Waals surface area contributed by atoms with Gasteiger partial charge in [0.1, 0.15) is 0 Å². The summed E-state index contributed by atoms with van der Waals surface area (Å²) >= 11 is 4.88. The molecule has 15 heavy (non-hydrogen) atoms. The van der Waals surface area contributed by atoms with Crippen molar-refractivity contribution in [3.63, 3.8) is 0 Å². The summed E-state index contributed by atoms with van der Waals surface area (Å²) in [6.07, 6.45) is 1.28. The van der Waals surface area contributed by atoms with Crippen molar-refractivity contribution in [1.82, 2.24) is 0 Å². The van der Waals surface area contributed by atoms with E-state index in [4.69, 9.17) is 4.74 Å². The lowest BCUT2D eigenvalue weighted by atomic mass is 9.99. The Bertz CT molecular complexity index is 344. The zero-order valence-corrected chi connectivity index (χ0v) is 11.6. The van der Waals surface area contributed by atoms with E-state index in [0.29, 0.717) is 6.42 Å². The summed E-state index contributed by atoms with van der Waals surface area (Å²) in [5, 5.41) is 1.88. The number of Topliss-reactive ketones (excluding diaryl/α,β-unsaturated/α-hetero) is 1. The summed E-state index contributed by atoms with van der Waals surface area (Å²) in [5.74, 6) is 0.182. The van der Waals surface area contributed by atoms with Gasteiger partial charge in [-0.25, -0.2) is 0 Å². The van der Waals surface area contributed by atoms with E-state index in [0.717, 1.165) is 15.8 Å². The minimum absolute atomic E-state index is 0.182. The first kappa shape index (κ1) is 12.9. The smallest absolute Gasteiger partial charge is 0.163 e. The molecule has 0 atom stereocenters. The highest BCUT2D eigenvalue weighted by Crippen LogP contribution is 2.23. The minimum Gasteiger partial charge on any atom is -0.379 e. The molecule has 1 aromatic heterocycles. The Kier molecular flexibility index (Phi) is 4.49. The second-order valence-corrected chi connectivity index (χ2v) is 6.32. The third-order valence-electron chi connectivity index (χ3n) is 2.40. The van der Waals surface area contributed by atoms with E-state index >= 15 is 0 Å². The lowest BCUT2D eigenvalue weighted by Gasteiger charge is -2.21. The molecule has 0 aliphatic heterocycles. The number of methoxy groups -OCH3 is 1. The summed E-state index contributed by atoms with van der Waals surface area (Å²) in [6, 6.07) is 1.87. The van der Waals surface area contributed by atoms with Gasteiger partial charge in [0.05, 0.1) is 9.39 Å². The van der Waals surface area contributed by atoms with Gasteiger partial charge in [-0.1, -0.05) is 0 Å². The van der Waals surface area contributed by atoms with Gasteiger partial charge in [0.2, 0.25) is 0 Å². The highest BCUT2D eigenvalue weighted by atomic mass is 79.9. The fraction of sp³-hybridized carbons (Fsp3) is 0.545. The largest absolute Gasteiger partial charge is 0.379 e. The summed E-state index contributed by atoms with van der Waals surface area (Å²) in [4.78, 5) is 11.8. The third-order valence-corrected chi connectivity index (χ3v) is 3.90. The molecule has 2 nitrogen and oxygen atoms in total. The van der Waals surface area contributed by atoms with Crippen LogP contribution in [0, 0.1) is 0 Å². The molecule has 0 saturated heterocycles. The van der Waals surface area contributed by atoms with Crippen molar-refractivity contribution in [2.24, 2.45) is 0 Å². The molecule has 0 aliphatic carbocycles. The number of ketones is 1. The molecule has 0 radical (unpaired) electrons. The van der Waals surface area contributed by atoms with Crippen LogP contribution in [0.1, 0.15) is 37.0 Å². The maximum Gasteiger partial charge on any atom is 0.163 e. The van der Waals surface area contributed by atoms with Gasteiger partial charge >= 0.3 is 0 Å².